The molecule has 2 nitrogen and oxygen atoms in total. The third-order valence-corrected chi connectivity index (χ3v) is 2.27. The van der Waals surface area contributed by atoms with Gasteiger partial charge in [0, 0.05) is 16.5 Å². The minimum atomic E-state index is -0.765. The largest absolute Gasteiger partial charge is 0.394 e. The first kappa shape index (κ1) is 10.8. The fourth-order valence-corrected chi connectivity index (χ4v) is 1.49. The maximum atomic E-state index is 9.16. The van der Waals surface area contributed by atoms with Gasteiger partial charge >= 0.3 is 0 Å². The molecule has 2 N–H and O–H groups in total. The van der Waals surface area contributed by atoms with Crippen LogP contribution in [0.4, 0.5) is 0 Å². The van der Waals surface area contributed by atoms with E-state index >= 15 is 0 Å². The molecule has 0 heterocycles. The molecule has 0 fully saturated rings. The Morgan fingerprint density at radius 2 is 2.00 bits per heavy atom. The summed E-state index contributed by atoms with van der Waals surface area (Å²) in [6.45, 7) is -0.265. The standard InChI is InChI=1S/C9H10Cl2O2/c10-7-2-1-6(9(11)4-7)3-8(13)5-12/h1-2,4,8,12-13H,3,5H2/t8-/m1/s1. The average molecular weight is 221 g/mol. The molecule has 0 bridgehead atoms. The molecule has 1 aromatic carbocycles. The van der Waals surface area contributed by atoms with Gasteiger partial charge in [-0.05, 0) is 17.7 Å². The van der Waals surface area contributed by atoms with Gasteiger partial charge in [-0.25, -0.2) is 0 Å². The summed E-state index contributed by atoms with van der Waals surface area (Å²) < 4.78 is 0. The molecule has 72 valence electrons. The molecule has 1 rings (SSSR count). The summed E-state index contributed by atoms with van der Waals surface area (Å²) in [7, 11) is 0. The molecule has 0 aromatic heterocycles. The monoisotopic (exact) mass is 220 g/mol. The Labute approximate surface area is 86.7 Å². The minimum absolute atomic E-state index is 0.265. The third kappa shape index (κ3) is 3.16. The van der Waals surface area contributed by atoms with Crippen molar-refractivity contribution < 1.29 is 10.2 Å². The Morgan fingerprint density at radius 1 is 1.31 bits per heavy atom. The first-order chi connectivity index (χ1) is 6.13. The van der Waals surface area contributed by atoms with E-state index in [9.17, 15) is 0 Å². The van der Waals surface area contributed by atoms with Gasteiger partial charge < -0.3 is 10.2 Å². The molecule has 1 atom stereocenters. The van der Waals surface area contributed by atoms with Gasteiger partial charge in [0.1, 0.15) is 0 Å². The van der Waals surface area contributed by atoms with Gasteiger partial charge in [-0.2, -0.15) is 0 Å². The highest BCUT2D eigenvalue weighted by Crippen LogP contribution is 2.21. The SMILES string of the molecule is OC[C@H](O)Cc1ccc(Cl)cc1Cl. The van der Waals surface area contributed by atoms with Crippen LogP contribution in [0, 0.1) is 0 Å². The van der Waals surface area contributed by atoms with Crippen molar-refractivity contribution in [2.24, 2.45) is 0 Å². The van der Waals surface area contributed by atoms with Crippen molar-refractivity contribution in [1.29, 1.82) is 0 Å². The molecule has 0 aliphatic heterocycles. The van der Waals surface area contributed by atoms with Crippen LogP contribution in [-0.2, 0) is 6.42 Å². The number of hydrogen-bond donors (Lipinski definition) is 2. The van der Waals surface area contributed by atoms with Crippen molar-refractivity contribution in [3.8, 4) is 0 Å². The third-order valence-electron chi connectivity index (χ3n) is 1.68. The van der Waals surface area contributed by atoms with E-state index < -0.39 is 6.10 Å². The molecule has 0 spiro atoms. The van der Waals surface area contributed by atoms with E-state index in [2.05, 4.69) is 0 Å². The Hall–Kier alpha value is -0.280. The predicted molar refractivity (Wildman–Crippen MR) is 53.3 cm³/mol. The zero-order valence-electron chi connectivity index (χ0n) is 6.87. The van der Waals surface area contributed by atoms with Crippen LogP contribution >= 0.6 is 23.2 Å². The number of benzene rings is 1. The second-order valence-electron chi connectivity index (χ2n) is 2.78. The second kappa shape index (κ2) is 4.82. The molecule has 1 aromatic rings. The average Bonchev–Trinajstić information content (AvgIpc) is 2.09. The van der Waals surface area contributed by atoms with Crippen LogP contribution in [0.5, 0.6) is 0 Å². The van der Waals surface area contributed by atoms with Gasteiger partial charge in [0.2, 0.25) is 0 Å². The predicted octanol–water partition coefficient (Wildman–Crippen LogP) is 1.89. The lowest BCUT2D eigenvalue weighted by Gasteiger charge is -2.08. The van der Waals surface area contributed by atoms with Crippen LogP contribution in [-0.4, -0.2) is 22.9 Å². The molecule has 13 heavy (non-hydrogen) atoms. The molecular formula is C9H10Cl2O2. The normalized spacial score (nSPS) is 12.9. The van der Waals surface area contributed by atoms with Crippen molar-refractivity contribution in [1.82, 2.24) is 0 Å². The first-order valence-electron chi connectivity index (χ1n) is 3.86. The van der Waals surface area contributed by atoms with Gasteiger partial charge in [0.25, 0.3) is 0 Å². The van der Waals surface area contributed by atoms with Crippen LogP contribution in [0.2, 0.25) is 10.0 Å². The highest BCUT2D eigenvalue weighted by atomic mass is 35.5. The lowest BCUT2D eigenvalue weighted by atomic mass is 10.1. The van der Waals surface area contributed by atoms with Gasteiger partial charge in [-0.15, -0.1) is 0 Å². The van der Waals surface area contributed by atoms with E-state index in [1.807, 2.05) is 0 Å². The van der Waals surface area contributed by atoms with Gasteiger partial charge in [-0.3, -0.25) is 0 Å². The van der Waals surface area contributed by atoms with Crippen LogP contribution in [0.1, 0.15) is 5.56 Å². The summed E-state index contributed by atoms with van der Waals surface area (Å²) in [4.78, 5) is 0. The molecule has 0 saturated carbocycles. The van der Waals surface area contributed by atoms with Gasteiger partial charge in [0.15, 0.2) is 0 Å². The number of aliphatic hydroxyl groups is 2. The smallest absolute Gasteiger partial charge is 0.0811 e. The highest BCUT2D eigenvalue weighted by molar-refractivity contribution is 6.35. The van der Waals surface area contributed by atoms with E-state index in [0.29, 0.717) is 16.5 Å². The van der Waals surface area contributed by atoms with E-state index in [-0.39, 0.29) is 6.61 Å². The zero-order valence-corrected chi connectivity index (χ0v) is 8.39. The Balaban J connectivity index is 2.77. The number of halogens is 2. The highest BCUT2D eigenvalue weighted by Gasteiger charge is 2.07. The van der Waals surface area contributed by atoms with Gasteiger partial charge in [0.05, 0.1) is 12.7 Å². The maximum absolute atomic E-state index is 9.16. The lowest BCUT2D eigenvalue weighted by molar-refractivity contribution is 0.0955. The van der Waals surface area contributed by atoms with Crippen molar-refractivity contribution in [3.05, 3.63) is 33.8 Å². The molecule has 0 aliphatic carbocycles. The van der Waals surface area contributed by atoms with E-state index in [1.165, 1.54) is 0 Å². The van der Waals surface area contributed by atoms with Crippen molar-refractivity contribution in [3.63, 3.8) is 0 Å². The topological polar surface area (TPSA) is 40.5 Å². The van der Waals surface area contributed by atoms with Crippen LogP contribution in [0.15, 0.2) is 18.2 Å². The fraction of sp³-hybridized carbons (Fsp3) is 0.333. The van der Waals surface area contributed by atoms with Crippen molar-refractivity contribution in [2.75, 3.05) is 6.61 Å². The minimum Gasteiger partial charge on any atom is -0.394 e. The van der Waals surface area contributed by atoms with Crippen LogP contribution < -0.4 is 0 Å². The summed E-state index contributed by atoms with van der Waals surface area (Å²) in [5, 5.41) is 18.9. The summed E-state index contributed by atoms with van der Waals surface area (Å²) in [5.41, 5.74) is 0.785. The molecule has 0 saturated heterocycles. The Bertz CT molecular complexity index is 289. The van der Waals surface area contributed by atoms with E-state index in [1.54, 1.807) is 18.2 Å². The molecule has 0 unspecified atom stereocenters. The van der Waals surface area contributed by atoms with E-state index in [4.69, 9.17) is 33.4 Å². The van der Waals surface area contributed by atoms with Crippen LogP contribution in [0.3, 0.4) is 0 Å². The second-order valence-corrected chi connectivity index (χ2v) is 3.62. The molecular weight excluding hydrogens is 211 g/mol. The summed E-state index contributed by atoms with van der Waals surface area (Å²) in [6.07, 6.45) is -0.425. The van der Waals surface area contributed by atoms with Crippen molar-refractivity contribution >= 4 is 23.2 Å². The Morgan fingerprint density at radius 3 is 2.54 bits per heavy atom. The summed E-state index contributed by atoms with van der Waals surface area (Å²) in [6, 6.07) is 5.05. The molecule has 0 amide bonds. The van der Waals surface area contributed by atoms with Crippen LogP contribution in [0.25, 0.3) is 0 Å². The number of rotatable bonds is 3. The summed E-state index contributed by atoms with van der Waals surface area (Å²) in [5.74, 6) is 0. The lowest BCUT2D eigenvalue weighted by Crippen LogP contribution is -2.15. The van der Waals surface area contributed by atoms with E-state index in [0.717, 1.165) is 5.56 Å². The summed E-state index contributed by atoms with van der Waals surface area (Å²) >= 11 is 11.5. The quantitative estimate of drug-likeness (QED) is 0.818. The molecule has 0 aliphatic rings. The Kier molecular flexibility index (Phi) is 4.00. The molecule has 4 heteroatoms. The maximum Gasteiger partial charge on any atom is 0.0811 e. The number of hydrogen-bond acceptors (Lipinski definition) is 2. The first-order valence-corrected chi connectivity index (χ1v) is 4.62. The zero-order chi connectivity index (χ0) is 9.84. The fourth-order valence-electron chi connectivity index (χ4n) is 1.01. The van der Waals surface area contributed by atoms with Gasteiger partial charge in [-0.1, -0.05) is 29.3 Å². The molecule has 0 radical (unpaired) electrons. The van der Waals surface area contributed by atoms with Crippen molar-refractivity contribution in [2.45, 2.75) is 12.5 Å². The number of aliphatic hydroxyl groups excluding tert-OH is 2.